The summed E-state index contributed by atoms with van der Waals surface area (Å²) < 4.78 is 11.1. The number of unbranched alkanes of at least 4 members (excludes halogenated alkanes) is 14. The van der Waals surface area contributed by atoms with Crippen LogP contribution in [-0.2, 0) is 19.1 Å². The van der Waals surface area contributed by atoms with Crippen molar-refractivity contribution in [3.8, 4) is 0 Å². The summed E-state index contributed by atoms with van der Waals surface area (Å²) in [4.78, 5) is 24.9. The van der Waals surface area contributed by atoms with Crippen LogP contribution in [0.3, 0.4) is 0 Å². The van der Waals surface area contributed by atoms with Crippen LogP contribution in [0.4, 0.5) is 0 Å². The van der Waals surface area contributed by atoms with Gasteiger partial charge in [0.15, 0.2) is 0 Å². The Morgan fingerprint density at radius 3 is 1.46 bits per heavy atom. The molecule has 0 aliphatic carbocycles. The van der Waals surface area contributed by atoms with Gasteiger partial charge in [-0.05, 0) is 92.2 Å². The van der Waals surface area contributed by atoms with Gasteiger partial charge in [0.05, 0.1) is 17.9 Å². The van der Waals surface area contributed by atoms with E-state index in [1.165, 1.54) is 90.6 Å². The molecule has 0 heterocycles. The van der Waals surface area contributed by atoms with Gasteiger partial charge in [-0.3, -0.25) is 9.59 Å². The van der Waals surface area contributed by atoms with Crippen LogP contribution in [-0.4, -0.2) is 38.2 Å². The molecule has 0 unspecified atom stereocenters. The van der Waals surface area contributed by atoms with E-state index in [1.807, 2.05) is 13.8 Å². The van der Waals surface area contributed by atoms with Crippen molar-refractivity contribution in [3.63, 3.8) is 0 Å². The molecule has 0 aliphatic rings. The summed E-state index contributed by atoms with van der Waals surface area (Å²) >= 11 is 0. The largest absolute Gasteiger partial charge is 0.469 e. The molecule has 0 fully saturated rings. The highest BCUT2D eigenvalue weighted by atomic mass is 16.5. The maximum Gasteiger partial charge on any atom is 0.311 e. The van der Waals surface area contributed by atoms with E-state index in [1.54, 1.807) is 0 Å². The van der Waals surface area contributed by atoms with Crippen LogP contribution in [0, 0.1) is 10.8 Å². The molecule has 0 atom stereocenters. The molecule has 0 amide bonds. The summed E-state index contributed by atoms with van der Waals surface area (Å²) in [5, 5.41) is 3.53. The van der Waals surface area contributed by atoms with E-state index in [4.69, 9.17) is 9.47 Å². The van der Waals surface area contributed by atoms with Crippen molar-refractivity contribution in [2.45, 2.75) is 189 Å². The maximum atomic E-state index is 13.2. The van der Waals surface area contributed by atoms with Gasteiger partial charge in [0.1, 0.15) is 6.10 Å². The third kappa shape index (κ3) is 22.2. The average Bonchev–Trinajstić information content (AvgIpc) is 2.94. The summed E-state index contributed by atoms with van der Waals surface area (Å²) in [6.07, 6.45) is 26.0. The fourth-order valence-electron chi connectivity index (χ4n) is 5.47. The van der Waals surface area contributed by atoms with Gasteiger partial charge in [-0.1, -0.05) is 104 Å². The minimum atomic E-state index is -0.406. The number of esters is 2. The number of methoxy groups -OCH3 is 1. The first-order valence-corrected chi connectivity index (χ1v) is 17.6. The van der Waals surface area contributed by atoms with E-state index in [-0.39, 0.29) is 18.0 Å². The van der Waals surface area contributed by atoms with Crippen molar-refractivity contribution in [3.05, 3.63) is 0 Å². The molecule has 0 aromatic heterocycles. The molecule has 0 saturated heterocycles. The van der Waals surface area contributed by atoms with Crippen molar-refractivity contribution in [2.75, 3.05) is 20.2 Å². The number of hydrogen-bond acceptors (Lipinski definition) is 5. The number of carbonyl (C=O) groups is 2. The predicted molar refractivity (Wildman–Crippen MR) is 175 cm³/mol. The smallest absolute Gasteiger partial charge is 0.311 e. The third-order valence-corrected chi connectivity index (χ3v) is 8.63. The Balaban J connectivity index is 4.20. The molecule has 0 bridgehead atoms. The number of rotatable bonds is 29. The minimum Gasteiger partial charge on any atom is -0.469 e. The first-order chi connectivity index (χ1) is 19.6. The maximum absolute atomic E-state index is 13.2. The molecular formula is C36H71NO4. The van der Waals surface area contributed by atoms with E-state index in [2.05, 4.69) is 33.0 Å². The molecule has 0 saturated carbocycles. The topological polar surface area (TPSA) is 64.6 Å². The second kappa shape index (κ2) is 25.4. The van der Waals surface area contributed by atoms with Gasteiger partial charge < -0.3 is 14.8 Å². The molecule has 5 heteroatoms. The van der Waals surface area contributed by atoms with Crippen molar-refractivity contribution >= 4 is 11.9 Å². The molecule has 0 aromatic carbocycles. The standard InChI is InChI=1S/C36H71NO4/c1-8-10-12-14-16-20-26-32(27-21-17-15-13-11-9-2)41-34(39)36(5,6)28-22-18-19-24-30-37-31-25-23-29-35(3,4)33(38)40-7/h32,37H,8-31H2,1-7H3. The van der Waals surface area contributed by atoms with Crippen LogP contribution in [0.2, 0.25) is 0 Å². The van der Waals surface area contributed by atoms with Gasteiger partial charge in [-0.25, -0.2) is 0 Å². The SMILES string of the molecule is CCCCCCCCC(CCCCCCCC)OC(=O)C(C)(C)CCCCCCNCCCCC(C)(C)C(=O)OC. The van der Waals surface area contributed by atoms with Crippen LogP contribution in [0.1, 0.15) is 183 Å². The molecule has 0 rings (SSSR count). The lowest BCUT2D eigenvalue weighted by molar-refractivity contribution is -0.161. The molecule has 0 spiro atoms. The molecule has 5 nitrogen and oxygen atoms in total. The second-order valence-corrected chi connectivity index (χ2v) is 13.8. The second-order valence-electron chi connectivity index (χ2n) is 13.8. The highest BCUT2D eigenvalue weighted by Gasteiger charge is 2.31. The monoisotopic (exact) mass is 582 g/mol. The highest BCUT2D eigenvalue weighted by Crippen LogP contribution is 2.28. The number of hydrogen-bond donors (Lipinski definition) is 1. The van der Waals surface area contributed by atoms with Crippen LogP contribution >= 0.6 is 0 Å². The van der Waals surface area contributed by atoms with E-state index >= 15 is 0 Å². The minimum absolute atomic E-state index is 0.0107. The molecule has 0 radical (unpaired) electrons. The molecule has 244 valence electrons. The lowest BCUT2D eigenvalue weighted by atomic mass is 9.86. The van der Waals surface area contributed by atoms with E-state index in [0.29, 0.717) is 0 Å². The van der Waals surface area contributed by atoms with Crippen LogP contribution in [0.5, 0.6) is 0 Å². The zero-order chi connectivity index (χ0) is 30.8. The summed E-state index contributed by atoms with van der Waals surface area (Å²) in [7, 11) is 1.46. The Labute approximate surface area is 256 Å². The number of ether oxygens (including phenoxy) is 2. The fourth-order valence-corrected chi connectivity index (χ4v) is 5.47. The lowest BCUT2D eigenvalue weighted by Crippen LogP contribution is -2.31. The Bertz CT molecular complexity index is 615. The molecule has 0 aromatic rings. The Kier molecular flexibility index (Phi) is 24.7. The highest BCUT2D eigenvalue weighted by molar-refractivity contribution is 5.76. The first kappa shape index (κ1) is 39.9. The van der Waals surface area contributed by atoms with Crippen molar-refractivity contribution in [1.82, 2.24) is 5.32 Å². The van der Waals surface area contributed by atoms with Crippen molar-refractivity contribution in [2.24, 2.45) is 10.8 Å². The Hall–Kier alpha value is -1.10. The lowest BCUT2D eigenvalue weighted by Gasteiger charge is -2.27. The van der Waals surface area contributed by atoms with Crippen LogP contribution in [0.15, 0.2) is 0 Å². The van der Waals surface area contributed by atoms with Gasteiger partial charge in [-0.15, -0.1) is 0 Å². The van der Waals surface area contributed by atoms with Crippen LogP contribution < -0.4 is 5.32 Å². The summed E-state index contributed by atoms with van der Waals surface area (Å²) in [5.41, 5.74) is -0.797. The van der Waals surface area contributed by atoms with Gasteiger partial charge >= 0.3 is 11.9 Å². The summed E-state index contributed by atoms with van der Waals surface area (Å²) in [6, 6.07) is 0. The zero-order valence-electron chi connectivity index (χ0n) is 28.7. The van der Waals surface area contributed by atoms with Gasteiger partial charge in [0.25, 0.3) is 0 Å². The van der Waals surface area contributed by atoms with E-state index in [0.717, 1.165) is 70.9 Å². The normalized spacial score (nSPS) is 12.2. The van der Waals surface area contributed by atoms with E-state index in [9.17, 15) is 9.59 Å². The molecule has 0 aliphatic heterocycles. The van der Waals surface area contributed by atoms with Gasteiger partial charge in [-0.2, -0.15) is 0 Å². The Morgan fingerprint density at radius 2 is 0.951 bits per heavy atom. The van der Waals surface area contributed by atoms with Crippen molar-refractivity contribution in [1.29, 1.82) is 0 Å². The van der Waals surface area contributed by atoms with Crippen molar-refractivity contribution < 1.29 is 19.1 Å². The summed E-state index contributed by atoms with van der Waals surface area (Å²) in [6.45, 7) is 14.6. The number of carbonyl (C=O) groups excluding carboxylic acids is 2. The molecular weight excluding hydrogens is 510 g/mol. The zero-order valence-corrected chi connectivity index (χ0v) is 28.7. The third-order valence-electron chi connectivity index (χ3n) is 8.63. The summed E-state index contributed by atoms with van der Waals surface area (Å²) in [5.74, 6) is -0.112. The average molecular weight is 582 g/mol. The molecule has 1 N–H and O–H groups in total. The quantitative estimate of drug-likeness (QED) is 0.0703. The van der Waals surface area contributed by atoms with Gasteiger partial charge in [0, 0.05) is 0 Å². The number of nitrogens with one attached hydrogen (secondary N) is 1. The Morgan fingerprint density at radius 1 is 0.561 bits per heavy atom. The van der Waals surface area contributed by atoms with E-state index < -0.39 is 10.8 Å². The first-order valence-electron chi connectivity index (χ1n) is 17.6. The molecule has 41 heavy (non-hydrogen) atoms. The van der Waals surface area contributed by atoms with Gasteiger partial charge in [0.2, 0.25) is 0 Å². The predicted octanol–water partition coefficient (Wildman–Crippen LogP) is 10.3. The fraction of sp³-hybridized carbons (Fsp3) is 0.944. The van der Waals surface area contributed by atoms with Crippen LogP contribution in [0.25, 0.3) is 0 Å².